The summed E-state index contributed by atoms with van der Waals surface area (Å²) in [4.78, 5) is 9.37. The van der Waals surface area contributed by atoms with E-state index in [0.717, 1.165) is 36.7 Å². The van der Waals surface area contributed by atoms with Crippen LogP contribution in [0.5, 0.6) is 0 Å². The Bertz CT molecular complexity index is 394. The van der Waals surface area contributed by atoms with E-state index < -0.39 is 0 Å². The van der Waals surface area contributed by atoms with E-state index in [9.17, 15) is 0 Å². The fraction of sp³-hybridized carbons (Fsp3) is 0.615. The number of alkyl halides is 1. The maximum atomic E-state index is 5.91. The van der Waals surface area contributed by atoms with Crippen LogP contribution in [0.3, 0.4) is 0 Å². The molecule has 0 saturated carbocycles. The van der Waals surface area contributed by atoms with Gasteiger partial charge in [0, 0.05) is 37.3 Å². The second-order valence-electron chi connectivity index (χ2n) is 4.91. The molecule has 0 bridgehead atoms. The second-order valence-corrected chi connectivity index (χ2v) is 5.18. The van der Waals surface area contributed by atoms with E-state index in [1.54, 1.807) is 0 Å². The van der Waals surface area contributed by atoms with Crippen LogP contribution in [0.15, 0.2) is 12.1 Å². The maximum Gasteiger partial charge on any atom is 0.129 e. The first-order valence-electron chi connectivity index (χ1n) is 6.09. The highest BCUT2D eigenvalue weighted by Crippen LogP contribution is 2.20. The van der Waals surface area contributed by atoms with Gasteiger partial charge in [0.15, 0.2) is 0 Å². The topological polar surface area (TPSA) is 19.4 Å². The summed E-state index contributed by atoms with van der Waals surface area (Å²) in [6, 6.07) is 4.67. The zero-order valence-corrected chi connectivity index (χ0v) is 11.5. The summed E-state index contributed by atoms with van der Waals surface area (Å²) in [7, 11) is 2.17. The van der Waals surface area contributed by atoms with Crippen LogP contribution in [-0.4, -0.2) is 42.6 Å². The number of nitrogens with zero attached hydrogens (tertiary/aromatic N) is 3. The Morgan fingerprint density at radius 2 is 2.18 bits per heavy atom. The number of halogens is 1. The molecule has 1 fully saturated rings. The summed E-state index contributed by atoms with van der Waals surface area (Å²) in [5.41, 5.74) is 2.20. The van der Waals surface area contributed by atoms with Crippen molar-refractivity contribution in [2.45, 2.75) is 25.8 Å². The smallest absolute Gasteiger partial charge is 0.129 e. The van der Waals surface area contributed by atoms with Gasteiger partial charge in [-0.1, -0.05) is 0 Å². The molecule has 0 spiro atoms. The number of rotatable bonds is 2. The van der Waals surface area contributed by atoms with E-state index in [1.165, 1.54) is 0 Å². The van der Waals surface area contributed by atoms with Gasteiger partial charge in [0.1, 0.15) is 5.82 Å². The summed E-state index contributed by atoms with van der Waals surface area (Å²) in [6.45, 7) is 7.50. The quantitative estimate of drug-likeness (QED) is 0.754. The molecule has 1 aliphatic heterocycles. The lowest BCUT2D eigenvalue weighted by atomic mass is 10.1. The van der Waals surface area contributed by atoms with E-state index in [0.29, 0.717) is 11.9 Å². The molecule has 0 aromatic carbocycles. The van der Waals surface area contributed by atoms with E-state index in [4.69, 9.17) is 11.6 Å². The monoisotopic (exact) mass is 253 g/mol. The van der Waals surface area contributed by atoms with Gasteiger partial charge in [-0.25, -0.2) is 4.98 Å². The van der Waals surface area contributed by atoms with Crippen molar-refractivity contribution in [2.75, 3.05) is 31.6 Å². The molecule has 0 amide bonds. The normalized spacial score (nSPS) is 21.9. The molecule has 94 valence electrons. The number of aromatic nitrogens is 1. The fourth-order valence-corrected chi connectivity index (χ4v) is 2.58. The molecular formula is C13H20ClN3. The molecule has 0 aliphatic carbocycles. The number of piperazine rings is 1. The summed E-state index contributed by atoms with van der Waals surface area (Å²) >= 11 is 5.91. The van der Waals surface area contributed by atoms with Crippen LogP contribution in [0, 0.1) is 6.92 Å². The molecule has 1 aromatic heterocycles. The van der Waals surface area contributed by atoms with Crippen LogP contribution in [0.4, 0.5) is 5.82 Å². The standard InChI is InChI=1S/C13H20ClN3/c1-10-6-12(8-14)7-13(15-10)17-5-4-16(3)9-11(17)2/h6-7,11H,4-5,8-9H2,1-3H3. The third-order valence-corrected chi connectivity index (χ3v) is 3.59. The lowest BCUT2D eigenvalue weighted by Crippen LogP contribution is -2.50. The molecule has 2 rings (SSSR count). The number of pyridine rings is 1. The molecule has 1 aliphatic rings. The molecule has 1 aromatic rings. The van der Waals surface area contributed by atoms with Crippen LogP contribution < -0.4 is 4.90 Å². The fourth-order valence-electron chi connectivity index (χ4n) is 2.43. The molecule has 17 heavy (non-hydrogen) atoms. The average molecular weight is 254 g/mol. The van der Waals surface area contributed by atoms with Crippen LogP contribution in [0.1, 0.15) is 18.2 Å². The first-order chi connectivity index (χ1) is 8.10. The third kappa shape index (κ3) is 2.90. The minimum absolute atomic E-state index is 0.506. The van der Waals surface area contributed by atoms with Crippen molar-refractivity contribution in [3.8, 4) is 0 Å². The largest absolute Gasteiger partial charge is 0.351 e. The Balaban J connectivity index is 2.24. The van der Waals surface area contributed by atoms with E-state index in [-0.39, 0.29) is 0 Å². The van der Waals surface area contributed by atoms with Crippen molar-refractivity contribution in [1.82, 2.24) is 9.88 Å². The van der Waals surface area contributed by atoms with Gasteiger partial charge in [-0.15, -0.1) is 11.6 Å². The van der Waals surface area contributed by atoms with Gasteiger partial charge in [0.25, 0.3) is 0 Å². The van der Waals surface area contributed by atoms with Crippen molar-refractivity contribution in [3.05, 3.63) is 23.4 Å². The van der Waals surface area contributed by atoms with Crippen molar-refractivity contribution in [3.63, 3.8) is 0 Å². The SMILES string of the molecule is Cc1cc(CCl)cc(N2CCN(C)CC2C)n1. The molecule has 4 heteroatoms. The molecule has 2 heterocycles. The van der Waals surface area contributed by atoms with Crippen LogP contribution in [-0.2, 0) is 5.88 Å². The highest BCUT2D eigenvalue weighted by Gasteiger charge is 2.22. The number of likely N-dealkylation sites (N-methyl/N-ethyl adjacent to an activating group) is 1. The third-order valence-electron chi connectivity index (χ3n) is 3.28. The summed E-state index contributed by atoms with van der Waals surface area (Å²) in [5.74, 6) is 1.62. The first-order valence-corrected chi connectivity index (χ1v) is 6.62. The summed E-state index contributed by atoms with van der Waals surface area (Å²) in [6.07, 6.45) is 0. The Kier molecular flexibility index (Phi) is 3.89. The number of hydrogen-bond donors (Lipinski definition) is 0. The van der Waals surface area contributed by atoms with Gasteiger partial charge in [-0.2, -0.15) is 0 Å². The van der Waals surface area contributed by atoms with Gasteiger partial charge in [0.2, 0.25) is 0 Å². The minimum Gasteiger partial charge on any atom is -0.351 e. The second kappa shape index (κ2) is 5.23. The van der Waals surface area contributed by atoms with Gasteiger partial charge in [-0.05, 0) is 38.6 Å². The van der Waals surface area contributed by atoms with Crippen LogP contribution >= 0.6 is 11.6 Å². The number of aryl methyl sites for hydroxylation is 1. The van der Waals surface area contributed by atoms with Gasteiger partial charge >= 0.3 is 0 Å². The molecule has 1 unspecified atom stereocenters. The Morgan fingerprint density at radius 3 is 2.82 bits per heavy atom. The zero-order chi connectivity index (χ0) is 12.4. The predicted molar refractivity (Wildman–Crippen MR) is 72.8 cm³/mol. The summed E-state index contributed by atoms with van der Waals surface area (Å²) in [5, 5.41) is 0. The lowest BCUT2D eigenvalue weighted by molar-refractivity contribution is 0.274. The van der Waals surface area contributed by atoms with Crippen molar-refractivity contribution in [1.29, 1.82) is 0 Å². The van der Waals surface area contributed by atoms with Gasteiger partial charge in [0.05, 0.1) is 0 Å². The van der Waals surface area contributed by atoms with Gasteiger partial charge < -0.3 is 9.80 Å². The Hall–Kier alpha value is -0.800. The Labute approximate surface area is 108 Å². The maximum absolute atomic E-state index is 5.91. The van der Waals surface area contributed by atoms with E-state index in [2.05, 4.69) is 40.9 Å². The molecule has 1 saturated heterocycles. The van der Waals surface area contributed by atoms with E-state index >= 15 is 0 Å². The number of anilines is 1. The highest BCUT2D eigenvalue weighted by molar-refractivity contribution is 6.17. The minimum atomic E-state index is 0.506. The average Bonchev–Trinajstić information content (AvgIpc) is 2.28. The molecule has 0 N–H and O–H groups in total. The van der Waals surface area contributed by atoms with Crippen LogP contribution in [0.2, 0.25) is 0 Å². The molecule has 1 atom stereocenters. The van der Waals surface area contributed by atoms with Gasteiger partial charge in [-0.3, -0.25) is 0 Å². The Morgan fingerprint density at radius 1 is 1.41 bits per heavy atom. The predicted octanol–water partition coefficient (Wildman–Crippen LogP) is 2.27. The van der Waals surface area contributed by atoms with E-state index in [1.807, 2.05) is 6.92 Å². The highest BCUT2D eigenvalue weighted by atomic mass is 35.5. The zero-order valence-electron chi connectivity index (χ0n) is 10.8. The molecular weight excluding hydrogens is 234 g/mol. The molecule has 0 radical (unpaired) electrons. The van der Waals surface area contributed by atoms with Crippen molar-refractivity contribution >= 4 is 17.4 Å². The lowest BCUT2D eigenvalue weighted by Gasteiger charge is -2.39. The molecule has 3 nitrogen and oxygen atoms in total. The number of hydrogen-bond acceptors (Lipinski definition) is 3. The van der Waals surface area contributed by atoms with Crippen molar-refractivity contribution < 1.29 is 0 Å². The van der Waals surface area contributed by atoms with Crippen molar-refractivity contribution in [2.24, 2.45) is 0 Å². The first kappa shape index (κ1) is 12.7. The summed E-state index contributed by atoms with van der Waals surface area (Å²) < 4.78 is 0. The van der Waals surface area contributed by atoms with Crippen LogP contribution in [0.25, 0.3) is 0 Å².